The van der Waals surface area contributed by atoms with Crippen molar-refractivity contribution in [3.63, 3.8) is 0 Å². The van der Waals surface area contributed by atoms with E-state index in [1.54, 1.807) is 14.2 Å². The average Bonchev–Trinajstić information content (AvgIpc) is 3.21. The normalized spacial score (nSPS) is 18.5. The molecule has 0 aliphatic carbocycles. The summed E-state index contributed by atoms with van der Waals surface area (Å²) in [6.07, 6.45) is 0.779. The number of hydrogen-bond acceptors (Lipinski definition) is 5. The van der Waals surface area contributed by atoms with E-state index in [0.29, 0.717) is 17.3 Å². The lowest BCUT2D eigenvalue weighted by Crippen LogP contribution is -2.30. The van der Waals surface area contributed by atoms with Gasteiger partial charge in [0, 0.05) is 36.2 Å². The number of methoxy groups -OCH3 is 2. The zero-order valence-corrected chi connectivity index (χ0v) is 15.1. The van der Waals surface area contributed by atoms with Gasteiger partial charge in [-0.3, -0.25) is 5.41 Å². The Hall–Kier alpha value is -3.15. The molecule has 1 fully saturated rings. The van der Waals surface area contributed by atoms with E-state index in [4.69, 9.17) is 14.9 Å². The van der Waals surface area contributed by atoms with E-state index in [2.05, 4.69) is 17.6 Å². The monoisotopic (exact) mass is 350 g/mol. The van der Waals surface area contributed by atoms with Gasteiger partial charge in [0.15, 0.2) is 0 Å². The summed E-state index contributed by atoms with van der Waals surface area (Å²) in [6.45, 7) is 2.12. The molecule has 2 aromatic rings. The van der Waals surface area contributed by atoms with Gasteiger partial charge in [0.1, 0.15) is 23.2 Å². The number of benzene rings is 2. The number of nitrogens with zero attached hydrogens (tertiary/aromatic N) is 1. The highest BCUT2D eigenvalue weighted by Crippen LogP contribution is 2.38. The third-order valence-corrected chi connectivity index (χ3v) is 4.83. The van der Waals surface area contributed by atoms with Crippen LogP contribution in [0.25, 0.3) is 0 Å². The average molecular weight is 350 g/mol. The Bertz CT molecular complexity index is 857. The second-order valence-corrected chi connectivity index (χ2v) is 6.49. The van der Waals surface area contributed by atoms with Crippen LogP contribution in [0.3, 0.4) is 0 Å². The highest BCUT2D eigenvalue weighted by atomic mass is 16.5. The Balaban J connectivity index is 1.69. The summed E-state index contributed by atoms with van der Waals surface area (Å²) in [5.74, 6) is 2.80. The summed E-state index contributed by atoms with van der Waals surface area (Å²) in [5, 5.41) is 15.6. The molecule has 1 unspecified atom stereocenters. The van der Waals surface area contributed by atoms with Gasteiger partial charge in [-0.25, -0.2) is 0 Å². The van der Waals surface area contributed by atoms with Gasteiger partial charge in [0.25, 0.3) is 0 Å². The largest absolute Gasteiger partial charge is 0.497 e. The van der Waals surface area contributed by atoms with Crippen molar-refractivity contribution in [2.45, 2.75) is 19.4 Å². The molecule has 6 heteroatoms. The van der Waals surface area contributed by atoms with Crippen molar-refractivity contribution in [1.82, 2.24) is 0 Å². The van der Waals surface area contributed by atoms with Gasteiger partial charge < -0.3 is 25.0 Å². The van der Waals surface area contributed by atoms with Crippen LogP contribution in [-0.4, -0.2) is 26.1 Å². The van der Waals surface area contributed by atoms with Crippen LogP contribution in [0.1, 0.15) is 13.3 Å². The number of hydrogen-bond donors (Lipinski definition) is 3. The zero-order chi connectivity index (χ0) is 18.3. The molecular weight excluding hydrogens is 328 g/mol. The third-order valence-electron chi connectivity index (χ3n) is 4.83. The summed E-state index contributed by atoms with van der Waals surface area (Å²) in [4.78, 5) is 2.01. The molecule has 134 valence electrons. The molecule has 1 atom stereocenters. The first-order chi connectivity index (χ1) is 12.6. The summed E-state index contributed by atoms with van der Waals surface area (Å²) in [5.41, 5.74) is 3.94. The Morgan fingerprint density at radius 3 is 2.12 bits per heavy atom. The minimum atomic E-state index is 0.161. The van der Waals surface area contributed by atoms with E-state index < -0.39 is 0 Å². The number of anilines is 3. The first kappa shape index (κ1) is 16.3. The second-order valence-electron chi connectivity index (χ2n) is 6.49. The van der Waals surface area contributed by atoms with E-state index in [1.165, 1.54) is 0 Å². The minimum Gasteiger partial charge on any atom is -0.497 e. The lowest BCUT2D eigenvalue weighted by molar-refractivity contribution is 0.394. The fourth-order valence-corrected chi connectivity index (χ4v) is 3.54. The fraction of sp³-hybridized carbons (Fsp3) is 0.250. The van der Waals surface area contributed by atoms with Crippen molar-refractivity contribution in [2.75, 3.05) is 29.8 Å². The van der Waals surface area contributed by atoms with Crippen molar-refractivity contribution < 1.29 is 9.47 Å². The Kier molecular flexibility index (Phi) is 3.95. The first-order valence-electron chi connectivity index (χ1n) is 8.58. The molecule has 26 heavy (non-hydrogen) atoms. The molecule has 0 aromatic heterocycles. The molecule has 2 heterocycles. The van der Waals surface area contributed by atoms with Crippen molar-refractivity contribution in [3.05, 3.63) is 53.9 Å². The minimum absolute atomic E-state index is 0.161. The van der Waals surface area contributed by atoms with E-state index in [1.807, 2.05) is 47.4 Å². The highest BCUT2D eigenvalue weighted by molar-refractivity contribution is 6.12. The standard InChI is InChI=1S/C20H22N4O2/c1-12-8-16(20-22-17-6-4-5-7-18(17)23-20)19(21)24(12)13-9-14(25-2)11-15(10-13)26-3/h4-7,9-12,21-23H,8H2,1-3H3. The van der Waals surface area contributed by atoms with Crippen molar-refractivity contribution >= 4 is 22.9 Å². The number of fused-ring (bicyclic) bond motifs is 1. The van der Waals surface area contributed by atoms with Gasteiger partial charge in [-0.1, -0.05) is 12.1 Å². The number of nitrogens with one attached hydrogen (secondary N) is 3. The SMILES string of the molecule is COc1cc(OC)cc(N2C(=N)C(=C3Nc4ccccc4N3)CC2C)c1. The topological polar surface area (TPSA) is 69.6 Å². The van der Waals surface area contributed by atoms with Crippen LogP contribution in [0.4, 0.5) is 17.1 Å². The summed E-state index contributed by atoms with van der Waals surface area (Å²) in [6, 6.07) is 13.9. The lowest BCUT2D eigenvalue weighted by atomic mass is 10.1. The molecular formula is C20H22N4O2. The molecule has 0 radical (unpaired) electrons. The third kappa shape index (κ3) is 2.63. The molecule has 2 aliphatic heterocycles. The first-order valence-corrected chi connectivity index (χ1v) is 8.58. The van der Waals surface area contributed by atoms with Gasteiger partial charge in [0.05, 0.1) is 31.3 Å². The Morgan fingerprint density at radius 1 is 1.00 bits per heavy atom. The van der Waals surface area contributed by atoms with E-state index in [-0.39, 0.29) is 6.04 Å². The number of para-hydroxylation sites is 2. The van der Waals surface area contributed by atoms with Gasteiger partial charge in [0.2, 0.25) is 0 Å². The molecule has 3 N–H and O–H groups in total. The number of ether oxygens (including phenoxy) is 2. The Labute approximate surface area is 152 Å². The smallest absolute Gasteiger partial charge is 0.132 e. The van der Waals surface area contributed by atoms with Gasteiger partial charge >= 0.3 is 0 Å². The summed E-state index contributed by atoms with van der Waals surface area (Å²) in [7, 11) is 3.27. The predicted molar refractivity (Wildman–Crippen MR) is 105 cm³/mol. The molecule has 0 spiro atoms. The van der Waals surface area contributed by atoms with E-state index in [9.17, 15) is 0 Å². The molecule has 1 saturated heterocycles. The summed E-state index contributed by atoms with van der Waals surface area (Å²) >= 11 is 0. The number of rotatable bonds is 3. The molecule has 2 aliphatic rings. The van der Waals surface area contributed by atoms with Gasteiger partial charge in [-0.15, -0.1) is 0 Å². The predicted octanol–water partition coefficient (Wildman–Crippen LogP) is 4.03. The quantitative estimate of drug-likeness (QED) is 0.780. The lowest BCUT2D eigenvalue weighted by Gasteiger charge is -2.24. The van der Waals surface area contributed by atoms with Crippen LogP contribution in [0.15, 0.2) is 53.9 Å². The van der Waals surface area contributed by atoms with Crippen LogP contribution in [0.5, 0.6) is 11.5 Å². The van der Waals surface area contributed by atoms with E-state index >= 15 is 0 Å². The van der Waals surface area contributed by atoms with Crippen LogP contribution in [0, 0.1) is 5.41 Å². The van der Waals surface area contributed by atoms with Gasteiger partial charge in [-0.2, -0.15) is 0 Å². The van der Waals surface area contributed by atoms with Gasteiger partial charge in [-0.05, 0) is 19.1 Å². The maximum absolute atomic E-state index is 8.76. The van der Waals surface area contributed by atoms with Crippen molar-refractivity contribution in [1.29, 1.82) is 5.41 Å². The van der Waals surface area contributed by atoms with Crippen LogP contribution < -0.4 is 25.0 Å². The highest BCUT2D eigenvalue weighted by Gasteiger charge is 2.34. The maximum Gasteiger partial charge on any atom is 0.132 e. The fourth-order valence-electron chi connectivity index (χ4n) is 3.54. The van der Waals surface area contributed by atoms with E-state index in [0.717, 1.165) is 34.9 Å². The molecule has 0 saturated carbocycles. The van der Waals surface area contributed by atoms with Crippen LogP contribution in [-0.2, 0) is 0 Å². The Morgan fingerprint density at radius 2 is 1.58 bits per heavy atom. The molecule has 4 rings (SSSR count). The number of amidine groups is 1. The van der Waals surface area contributed by atoms with Crippen LogP contribution in [0.2, 0.25) is 0 Å². The van der Waals surface area contributed by atoms with Crippen molar-refractivity contribution in [2.24, 2.45) is 0 Å². The molecule has 0 amide bonds. The molecule has 0 bridgehead atoms. The van der Waals surface area contributed by atoms with Crippen molar-refractivity contribution in [3.8, 4) is 11.5 Å². The van der Waals surface area contributed by atoms with Crippen LogP contribution >= 0.6 is 0 Å². The summed E-state index contributed by atoms with van der Waals surface area (Å²) < 4.78 is 10.8. The maximum atomic E-state index is 8.76. The molecule has 2 aromatic carbocycles. The zero-order valence-electron chi connectivity index (χ0n) is 15.1. The second kappa shape index (κ2) is 6.29. The molecule has 6 nitrogen and oxygen atoms in total.